The Kier molecular flexibility index (Phi) is 2.72. The Hall–Kier alpha value is -0.310. The molecule has 1 atom stereocenters. The minimum atomic E-state index is 0.494. The van der Waals surface area contributed by atoms with Crippen molar-refractivity contribution in [1.82, 2.24) is 10.3 Å². The van der Waals surface area contributed by atoms with Crippen LogP contribution in [0.4, 0.5) is 0 Å². The lowest BCUT2D eigenvalue weighted by Crippen LogP contribution is -2.08. The Labute approximate surface area is 87.3 Å². The fourth-order valence-corrected chi connectivity index (χ4v) is 2.08. The molecule has 1 N–H and O–H groups in total. The smallest absolute Gasteiger partial charge is 0.129 e. The highest BCUT2D eigenvalue weighted by Crippen LogP contribution is 2.29. The van der Waals surface area contributed by atoms with Gasteiger partial charge in [-0.1, -0.05) is 23.2 Å². The lowest BCUT2D eigenvalue weighted by molar-refractivity contribution is 0.762. The van der Waals surface area contributed by atoms with Gasteiger partial charge >= 0.3 is 0 Å². The average Bonchev–Trinajstić information content (AvgIpc) is 2.61. The first kappa shape index (κ1) is 9.25. The predicted molar refractivity (Wildman–Crippen MR) is 54.5 cm³/mol. The van der Waals surface area contributed by atoms with Gasteiger partial charge in [0, 0.05) is 12.7 Å². The summed E-state index contributed by atoms with van der Waals surface area (Å²) in [5.41, 5.74) is 1.12. The fourth-order valence-electron chi connectivity index (χ4n) is 1.66. The van der Waals surface area contributed by atoms with Crippen LogP contribution in [0.2, 0.25) is 10.2 Å². The van der Waals surface area contributed by atoms with Crippen LogP contribution in [0.15, 0.2) is 12.3 Å². The molecule has 2 nitrogen and oxygen atoms in total. The SMILES string of the molecule is Clc1cc(C2CCNC2)c(Cl)cn1. The molecule has 13 heavy (non-hydrogen) atoms. The topological polar surface area (TPSA) is 24.9 Å². The van der Waals surface area contributed by atoms with Crippen molar-refractivity contribution in [3.8, 4) is 0 Å². The van der Waals surface area contributed by atoms with Crippen molar-refractivity contribution in [2.45, 2.75) is 12.3 Å². The number of nitrogens with one attached hydrogen (secondary N) is 1. The molecule has 4 heteroatoms. The monoisotopic (exact) mass is 216 g/mol. The Morgan fingerprint density at radius 2 is 2.31 bits per heavy atom. The molecule has 1 aromatic heterocycles. The Balaban J connectivity index is 2.32. The molecule has 0 aromatic carbocycles. The Morgan fingerprint density at radius 1 is 1.46 bits per heavy atom. The van der Waals surface area contributed by atoms with Gasteiger partial charge in [0.15, 0.2) is 0 Å². The van der Waals surface area contributed by atoms with Crippen molar-refractivity contribution in [3.05, 3.63) is 28.0 Å². The third kappa shape index (κ3) is 1.96. The van der Waals surface area contributed by atoms with Gasteiger partial charge in [-0.05, 0) is 30.5 Å². The second-order valence-electron chi connectivity index (χ2n) is 3.22. The van der Waals surface area contributed by atoms with E-state index in [0.29, 0.717) is 11.1 Å². The van der Waals surface area contributed by atoms with Gasteiger partial charge in [-0.15, -0.1) is 0 Å². The number of pyridine rings is 1. The summed E-state index contributed by atoms with van der Waals surface area (Å²) in [5, 5.41) is 4.54. The summed E-state index contributed by atoms with van der Waals surface area (Å²) in [7, 11) is 0. The molecule has 0 bridgehead atoms. The minimum Gasteiger partial charge on any atom is -0.316 e. The van der Waals surface area contributed by atoms with E-state index in [2.05, 4.69) is 10.3 Å². The van der Waals surface area contributed by atoms with E-state index in [1.165, 1.54) is 0 Å². The number of nitrogens with zero attached hydrogens (tertiary/aromatic N) is 1. The Morgan fingerprint density at radius 3 is 3.00 bits per heavy atom. The predicted octanol–water partition coefficient (Wildman–Crippen LogP) is 2.47. The van der Waals surface area contributed by atoms with Crippen molar-refractivity contribution in [1.29, 1.82) is 0 Å². The molecule has 1 fully saturated rings. The molecule has 1 aromatic rings. The molecule has 0 spiro atoms. The highest BCUT2D eigenvalue weighted by Gasteiger charge is 2.19. The van der Waals surface area contributed by atoms with Crippen LogP contribution in [0, 0.1) is 0 Å². The average molecular weight is 217 g/mol. The molecule has 1 aliphatic rings. The molecule has 2 rings (SSSR count). The molecule has 0 amide bonds. The third-order valence-electron chi connectivity index (χ3n) is 2.35. The van der Waals surface area contributed by atoms with Crippen LogP contribution in [0.3, 0.4) is 0 Å². The van der Waals surface area contributed by atoms with Crippen LogP contribution in [0.25, 0.3) is 0 Å². The van der Waals surface area contributed by atoms with Gasteiger partial charge in [-0.2, -0.15) is 0 Å². The van der Waals surface area contributed by atoms with E-state index in [0.717, 1.165) is 30.1 Å². The lowest BCUT2D eigenvalue weighted by Gasteiger charge is -2.10. The molecule has 1 aliphatic heterocycles. The van der Waals surface area contributed by atoms with E-state index in [1.807, 2.05) is 6.07 Å². The van der Waals surface area contributed by atoms with Crippen LogP contribution in [0.1, 0.15) is 17.9 Å². The standard InChI is InChI=1S/C9H10Cl2N2/c10-8-5-13-9(11)3-7(8)6-1-2-12-4-6/h3,5-6,12H,1-2,4H2. The molecular weight excluding hydrogens is 207 g/mol. The molecule has 0 saturated carbocycles. The largest absolute Gasteiger partial charge is 0.316 e. The summed E-state index contributed by atoms with van der Waals surface area (Å²) in [4.78, 5) is 3.92. The van der Waals surface area contributed by atoms with E-state index >= 15 is 0 Å². The molecular formula is C9H10Cl2N2. The Bertz CT molecular complexity index is 308. The zero-order chi connectivity index (χ0) is 9.26. The summed E-state index contributed by atoms with van der Waals surface area (Å²) >= 11 is 11.8. The van der Waals surface area contributed by atoms with Crippen LogP contribution in [0.5, 0.6) is 0 Å². The van der Waals surface area contributed by atoms with Crippen LogP contribution in [-0.4, -0.2) is 18.1 Å². The summed E-state index contributed by atoms with van der Waals surface area (Å²) in [6, 6.07) is 1.86. The number of hydrogen-bond donors (Lipinski definition) is 1. The highest BCUT2D eigenvalue weighted by atomic mass is 35.5. The first-order chi connectivity index (χ1) is 6.27. The van der Waals surface area contributed by atoms with Gasteiger partial charge in [-0.25, -0.2) is 4.98 Å². The van der Waals surface area contributed by atoms with E-state index in [-0.39, 0.29) is 0 Å². The van der Waals surface area contributed by atoms with E-state index in [1.54, 1.807) is 6.20 Å². The summed E-state index contributed by atoms with van der Waals surface area (Å²) in [6.45, 7) is 2.04. The van der Waals surface area contributed by atoms with Crippen LogP contribution < -0.4 is 5.32 Å². The summed E-state index contributed by atoms with van der Waals surface area (Å²) in [5.74, 6) is 0.494. The first-order valence-electron chi connectivity index (χ1n) is 4.29. The van der Waals surface area contributed by atoms with Gasteiger partial charge in [0.25, 0.3) is 0 Å². The number of hydrogen-bond acceptors (Lipinski definition) is 2. The molecule has 0 aliphatic carbocycles. The quantitative estimate of drug-likeness (QED) is 0.731. The summed E-state index contributed by atoms with van der Waals surface area (Å²) < 4.78 is 0. The van der Waals surface area contributed by atoms with Crippen LogP contribution in [-0.2, 0) is 0 Å². The second kappa shape index (κ2) is 3.82. The van der Waals surface area contributed by atoms with Crippen LogP contribution >= 0.6 is 23.2 Å². The lowest BCUT2D eigenvalue weighted by atomic mass is 10.00. The van der Waals surface area contributed by atoms with Crippen molar-refractivity contribution >= 4 is 23.2 Å². The maximum atomic E-state index is 6.03. The molecule has 2 heterocycles. The van der Waals surface area contributed by atoms with Gasteiger partial charge in [0.1, 0.15) is 5.15 Å². The number of rotatable bonds is 1. The van der Waals surface area contributed by atoms with E-state index < -0.39 is 0 Å². The molecule has 1 saturated heterocycles. The zero-order valence-electron chi connectivity index (χ0n) is 7.06. The van der Waals surface area contributed by atoms with Crippen molar-refractivity contribution in [2.75, 3.05) is 13.1 Å². The van der Waals surface area contributed by atoms with Gasteiger partial charge in [0.05, 0.1) is 5.02 Å². The highest BCUT2D eigenvalue weighted by molar-refractivity contribution is 6.32. The second-order valence-corrected chi connectivity index (χ2v) is 4.01. The first-order valence-corrected chi connectivity index (χ1v) is 5.04. The third-order valence-corrected chi connectivity index (χ3v) is 2.87. The fraction of sp³-hybridized carbons (Fsp3) is 0.444. The minimum absolute atomic E-state index is 0.494. The van der Waals surface area contributed by atoms with Gasteiger partial charge < -0.3 is 5.32 Å². The number of aromatic nitrogens is 1. The zero-order valence-corrected chi connectivity index (χ0v) is 8.57. The van der Waals surface area contributed by atoms with E-state index in [9.17, 15) is 0 Å². The normalized spacial score (nSPS) is 22.2. The maximum Gasteiger partial charge on any atom is 0.129 e. The molecule has 70 valence electrons. The van der Waals surface area contributed by atoms with E-state index in [4.69, 9.17) is 23.2 Å². The van der Waals surface area contributed by atoms with Gasteiger partial charge in [-0.3, -0.25) is 0 Å². The molecule has 1 unspecified atom stereocenters. The maximum absolute atomic E-state index is 6.03. The molecule has 0 radical (unpaired) electrons. The van der Waals surface area contributed by atoms with Crippen molar-refractivity contribution in [2.24, 2.45) is 0 Å². The van der Waals surface area contributed by atoms with Gasteiger partial charge in [0.2, 0.25) is 0 Å². The summed E-state index contributed by atoms with van der Waals surface area (Å²) in [6.07, 6.45) is 2.75. The van der Waals surface area contributed by atoms with Crippen molar-refractivity contribution in [3.63, 3.8) is 0 Å². The van der Waals surface area contributed by atoms with Crippen molar-refractivity contribution < 1.29 is 0 Å². The number of halogens is 2.